The van der Waals surface area contributed by atoms with Crippen LogP contribution in [-0.4, -0.2) is 77.5 Å². The molecule has 0 amide bonds. The largest absolute Gasteiger partial charge is 0.378 e. The quantitative estimate of drug-likeness (QED) is 0.677. The zero-order valence-corrected chi connectivity index (χ0v) is 16.1. The van der Waals surface area contributed by atoms with Crippen molar-refractivity contribution in [2.24, 2.45) is 0 Å². The Bertz CT molecular complexity index is 967. The highest BCUT2D eigenvalue weighted by Crippen LogP contribution is 2.36. The van der Waals surface area contributed by atoms with E-state index in [1.807, 2.05) is 0 Å². The highest BCUT2D eigenvalue weighted by molar-refractivity contribution is 7.22. The Balaban J connectivity index is 1.61. The van der Waals surface area contributed by atoms with Crippen LogP contribution < -0.4 is 15.5 Å². The van der Waals surface area contributed by atoms with Gasteiger partial charge in [0.25, 0.3) is 0 Å². The number of thiazole rings is 1. The van der Waals surface area contributed by atoms with Gasteiger partial charge >= 0.3 is 0 Å². The normalized spacial score (nSPS) is 18.0. The van der Waals surface area contributed by atoms with Gasteiger partial charge in [-0.3, -0.25) is 0 Å². The first-order valence-electron chi connectivity index (χ1n) is 9.20. The van der Waals surface area contributed by atoms with E-state index >= 15 is 0 Å². The molecule has 11 heteroatoms. The molecule has 28 heavy (non-hydrogen) atoms. The molecule has 0 atom stereocenters. The number of morpholine rings is 2. The van der Waals surface area contributed by atoms with Crippen LogP contribution in [0.2, 0.25) is 0 Å². The summed E-state index contributed by atoms with van der Waals surface area (Å²) < 4.78 is 12.0. The molecule has 0 aromatic carbocycles. The molecular formula is C17H20N8O2S. The smallest absolute Gasteiger partial charge is 0.219 e. The SMILES string of the molecule is Nc1ncc(-c2nc(N3CCOCC3)c3sc(N4CCOCC4)nc3n2)cn1. The van der Waals surface area contributed by atoms with Gasteiger partial charge in [0.2, 0.25) is 5.95 Å². The van der Waals surface area contributed by atoms with Crippen LogP contribution >= 0.6 is 11.3 Å². The van der Waals surface area contributed by atoms with Crippen LogP contribution in [0.25, 0.3) is 21.7 Å². The van der Waals surface area contributed by atoms with Crippen molar-refractivity contribution >= 4 is 38.6 Å². The monoisotopic (exact) mass is 400 g/mol. The Labute approximate surface area is 165 Å². The molecule has 5 rings (SSSR count). The van der Waals surface area contributed by atoms with Crippen LogP contribution in [-0.2, 0) is 9.47 Å². The first-order chi connectivity index (χ1) is 13.8. The third-order valence-corrected chi connectivity index (χ3v) is 5.85. The van der Waals surface area contributed by atoms with Crippen molar-refractivity contribution in [3.05, 3.63) is 12.4 Å². The summed E-state index contributed by atoms with van der Waals surface area (Å²) in [5, 5.41) is 0.952. The fourth-order valence-electron chi connectivity index (χ4n) is 3.26. The summed E-state index contributed by atoms with van der Waals surface area (Å²) in [7, 11) is 0. The number of ether oxygens (including phenoxy) is 2. The fourth-order valence-corrected chi connectivity index (χ4v) is 4.34. The number of nitrogens with zero attached hydrogens (tertiary/aromatic N) is 7. The minimum absolute atomic E-state index is 0.224. The van der Waals surface area contributed by atoms with Gasteiger partial charge in [0.1, 0.15) is 4.70 Å². The van der Waals surface area contributed by atoms with E-state index in [9.17, 15) is 0 Å². The summed E-state index contributed by atoms with van der Waals surface area (Å²) in [5.41, 5.74) is 7.02. The number of rotatable bonds is 3. The number of hydrogen-bond donors (Lipinski definition) is 1. The zero-order valence-electron chi connectivity index (χ0n) is 15.2. The maximum absolute atomic E-state index is 5.62. The summed E-state index contributed by atoms with van der Waals surface area (Å²) in [6.07, 6.45) is 3.28. The standard InChI is InChI=1S/C17H20N8O2S/c18-16-19-9-11(10-20-16)13-21-14-12(15(22-13)24-1-5-26-6-2-24)28-17(23-14)25-3-7-27-8-4-25/h9-10H,1-8H2,(H2,18,19,20). The van der Waals surface area contributed by atoms with Gasteiger partial charge in [-0.05, 0) is 0 Å². The molecule has 3 aromatic heterocycles. The van der Waals surface area contributed by atoms with E-state index in [4.69, 9.17) is 30.2 Å². The number of fused-ring (bicyclic) bond motifs is 1. The van der Waals surface area contributed by atoms with Gasteiger partial charge in [-0.2, -0.15) is 4.98 Å². The second-order valence-electron chi connectivity index (χ2n) is 6.55. The average molecular weight is 400 g/mol. The summed E-state index contributed by atoms with van der Waals surface area (Å²) in [6, 6.07) is 0. The lowest BCUT2D eigenvalue weighted by Gasteiger charge is -2.28. The van der Waals surface area contributed by atoms with Crippen LogP contribution in [0.3, 0.4) is 0 Å². The van der Waals surface area contributed by atoms with E-state index < -0.39 is 0 Å². The topological polar surface area (TPSA) is 115 Å². The summed E-state index contributed by atoms with van der Waals surface area (Å²) in [5.74, 6) is 1.66. The molecule has 5 heterocycles. The third kappa shape index (κ3) is 3.32. The first kappa shape index (κ1) is 17.5. The molecule has 2 aliphatic heterocycles. The number of hydrogen-bond acceptors (Lipinski definition) is 11. The Hall–Kier alpha value is -2.63. The van der Waals surface area contributed by atoms with Gasteiger partial charge in [0.05, 0.1) is 32.0 Å². The first-order valence-corrected chi connectivity index (χ1v) is 10.0. The van der Waals surface area contributed by atoms with Gasteiger partial charge in [0.15, 0.2) is 22.4 Å². The van der Waals surface area contributed by atoms with E-state index in [1.54, 1.807) is 23.7 Å². The lowest BCUT2D eigenvalue weighted by molar-refractivity contribution is 0.122. The van der Waals surface area contributed by atoms with Crippen molar-refractivity contribution in [2.75, 3.05) is 68.1 Å². The molecule has 0 saturated carbocycles. The Morgan fingerprint density at radius 3 is 2.18 bits per heavy atom. The van der Waals surface area contributed by atoms with E-state index in [0.29, 0.717) is 43.5 Å². The summed E-state index contributed by atoms with van der Waals surface area (Å²) in [4.78, 5) is 27.0. The Morgan fingerprint density at radius 1 is 0.857 bits per heavy atom. The number of nitrogens with two attached hydrogens (primary N) is 1. The van der Waals surface area contributed by atoms with E-state index in [1.165, 1.54) is 0 Å². The molecule has 0 bridgehead atoms. The van der Waals surface area contributed by atoms with Crippen molar-refractivity contribution in [1.82, 2.24) is 24.9 Å². The predicted octanol–water partition coefficient (Wildman–Crippen LogP) is 0.799. The molecule has 0 aliphatic carbocycles. The third-order valence-electron chi connectivity index (χ3n) is 4.75. The zero-order chi connectivity index (χ0) is 18.9. The molecule has 146 valence electrons. The maximum atomic E-state index is 5.62. The Morgan fingerprint density at radius 2 is 1.50 bits per heavy atom. The second kappa shape index (κ2) is 7.41. The van der Waals surface area contributed by atoms with Crippen molar-refractivity contribution in [3.63, 3.8) is 0 Å². The number of anilines is 3. The summed E-state index contributed by atoms with van der Waals surface area (Å²) in [6.45, 7) is 6.03. The van der Waals surface area contributed by atoms with E-state index in [2.05, 4.69) is 19.8 Å². The molecule has 3 aromatic rings. The molecule has 10 nitrogen and oxygen atoms in total. The van der Waals surface area contributed by atoms with Gasteiger partial charge in [0, 0.05) is 38.6 Å². The molecule has 2 saturated heterocycles. The molecule has 2 N–H and O–H groups in total. The van der Waals surface area contributed by atoms with Crippen molar-refractivity contribution in [1.29, 1.82) is 0 Å². The average Bonchev–Trinajstić information content (AvgIpc) is 3.19. The molecule has 2 fully saturated rings. The molecule has 0 spiro atoms. The highest BCUT2D eigenvalue weighted by Gasteiger charge is 2.23. The van der Waals surface area contributed by atoms with Gasteiger partial charge < -0.3 is 25.0 Å². The lowest BCUT2D eigenvalue weighted by atomic mass is 10.3. The Kier molecular flexibility index (Phi) is 4.63. The van der Waals surface area contributed by atoms with Crippen LogP contribution in [0.4, 0.5) is 16.9 Å². The van der Waals surface area contributed by atoms with Gasteiger partial charge in [-0.15, -0.1) is 0 Å². The maximum Gasteiger partial charge on any atom is 0.219 e. The number of aromatic nitrogens is 5. The van der Waals surface area contributed by atoms with Gasteiger partial charge in [-0.25, -0.2) is 19.9 Å². The van der Waals surface area contributed by atoms with E-state index in [0.717, 1.165) is 41.8 Å². The van der Waals surface area contributed by atoms with Crippen LogP contribution in [0.15, 0.2) is 12.4 Å². The fraction of sp³-hybridized carbons (Fsp3) is 0.471. The van der Waals surface area contributed by atoms with Crippen LogP contribution in [0.1, 0.15) is 0 Å². The van der Waals surface area contributed by atoms with Crippen molar-refractivity contribution in [2.45, 2.75) is 0 Å². The van der Waals surface area contributed by atoms with E-state index in [-0.39, 0.29) is 5.95 Å². The minimum atomic E-state index is 0.224. The molecular weight excluding hydrogens is 380 g/mol. The van der Waals surface area contributed by atoms with Crippen LogP contribution in [0.5, 0.6) is 0 Å². The molecule has 0 radical (unpaired) electrons. The molecule has 0 unspecified atom stereocenters. The van der Waals surface area contributed by atoms with Crippen LogP contribution in [0, 0.1) is 0 Å². The lowest BCUT2D eigenvalue weighted by Crippen LogP contribution is -2.37. The minimum Gasteiger partial charge on any atom is -0.378 e. The predicted molar refractivity (Wildman–Crippen MR) is 107 cm³/mol. The van der Waals surface area contributed by atoms with Crippen molar-refractivity contribution in [3.8, 4) is 11.4 Å². The summed E-state index contributed by atoms with van der Waals surface area (Å²) >= 11 is 1.63. The second-order valence-corrected chi connectivity index (χ2v) is 7.53. The van der Waals surface area contributed by atoms with Gasteiger partial charge in [-0.1, -0.05) is 11.3 Å². The molecule has 2 aliphatic rings. The highest BCUT2D eigenvalue weighted by atomic mass is 32.1. The number of nitrogen functional groups attached to an aromatic ring is 1. The van der Waals surface area contributed by atoms with Crippen molar-refractivity contribution < 1.29 is 9.47 Å².